The number of fused-ring (bicyclic) bond motifs is 8. The van der Waals surface area contributed by atoms with Gasteiger partial charge in [-0.25, -0.2) is 0 Å². The third kappa shape index (κ3) is 6.29. The van der Waals surface area contributed by atoms with E-state index in [4.69, 9.17) is 18.9 Å². The van der Waals surface area contributed by atoms with Crippen molar-refractivity contribution in [3.8, 4) is 46.0 Å². The summed E-state index contributed by atoms with van der Waals surface area (Å²) in [6, 6.07) is 47.6. The summed E-state index contributed by atoms with van der Waals surface area (Å²) in [7, 11) is 0. The van der Waals surface area contributed by atoms with Crippen molar-refractivity contribution in [2.45, 2.75) is 72.0 Å². The summed E-state index contributed by atoms with van der Waals surface area (Å²) in [6.45, 7) is 4.46. The molecule has 0 radical (unpaired) electrons. The molecule has 7 aromatic rings. The third-order valence-electron chi connectivity index (χ3n) is 11.8. The van der Waals surface area contributed by atoms with Gasteiger partial charge < -0.3 is 18.9 Å². The quantitative estimate of drug-likeness (QED) is 0.129. The number of unbranched alkanes of at least 4 members (excludes halogenated alkanes) is 2. The van der Waals surface area contributed by atoms with E-state index in [1.165, 1.54) is 68.5 Å². The highest BCUT2D eigenvalue weighted by atomic mass is 32.2. The van der Waals surface area contributed by atoms with Crippen LogP contribution in [0.1, 0.15) is 50.7 Å². The van der Waals surface area contributed by atoms with Gasteiger partial charge in [-0.15, -0.1) is 0 Å². The fourth-order valence-electron chi connectivity index (χ4n) is 8.94. The molecule has 0 unspecified atom stereocenters. The number of ether oxygens (including phenoxy) is 4. The van der Waals surface area contributed by atoms with E-state index in [0.717, 1.165) is 79.6 Å². The largest absolute Gasteiger partial charge is 0.458 e. The van der Waals surface area contributed by atoms with Crippen LogP contribution in [0.25, 0.3) is 0 Å². The molecular weight excluding hydrogens is 750 g/mol. The van der Waals surface area contributed by atoms with Gasteiger partial charge in [-0.3, -0.25) is 0 Å². The van der Waals surface area contributed by atoms with E-state index in [9.17, 15) is 0 Å². The third-order valence-corrected chi connectivity index (χ3v) is 14.1. The van der Waals surface area contributed by atoms with Gasteiger partial charge >= 0.3 is 0 Å². The first-order valence-corrected chi connectivity index (χ1v) is 22.2. The summed E-state index contributed by atoms with van der Waals surface area (Å²) in [5.74, 6) is 6.42. The average Bonchev–Trinajstić information content (AvgIpc) is 3.25. The SMILES string of the molecule is CCCCc1ccc(Oc2cc3c4c(c2)Sc2ccccc2B4c2cc4c(cc2O3)Oc2cc(Oc3ccc(CCCC)cc3)cc3c2B4c2ccccc2S3)cc1. The highest BCUT2D eigenvalue weighted by Gasteiger charge is 2.44. The van der Waals surface area contributed by atoms with Gasteiger partial charge in [-0.05, 0) is 107 Å². The van der Waals surface area contributed by atoms with Gasteiger partial charge in [-0.1, -0.05) is 128 Å². The lowest BCUT2D eigenvalue weighted by Gasteiger charge is -2.36. The lowest BCUT2D eigenvalue weighted by molar-refractivity contribution is 0.449. The van der Waals surface area contributed by atoms with Crippen LogP contribution in [0.4, 0.5) is 0 Å². The Kier molecular flexibility index (Phi) is 9.08. The molecule has 0 spiro atoms. The maximum absolute atomic E-state index is 6.95. The summed E-state index contributed by atoms with van der Waals surface area (Å²) in [5.41, 5.74) is 9.94. The van der Waals surface area contributed by atoms with Crippen molar-refractivity contribution in [3.63, 3.8) is 0 Å². The summed E-state index contributed by atoms with van der Waals surface area (Å²) < 4.78 is 27.0. The number of hydrogen-bond donors (Lipinski definition) is 0. The molecule has 0 N–H and O–H groups in total. The van der Waals surface area contributed by atoms with Crippen LogP contribution in [-0.4, -0.2) is 13.4 Å². The number of aryl methyl sites for hydroxylation is 2. The van der Waals surface area contributed by atoms with Crippen LogP contribution < -0.4 is 51.7 Å². The zero-order valence-electron chi connectivity index (χ0n) is 32.5. The van der Waals surface area contributed by atoms with E-state index in [0.29, 0.717) is 0 Å². The van der Waals surface area contributed by atoms with Gasteiger partial charge in [0.05, 0.1) is 0 Å². The molecule has 0 saturated carbocycles. The molecule has 282 valence electrons. The molecule has 4 aliphatic heterocycles. The van der Waals surface area contributed by atoms with Crippen LogP contribution in [0.15, 0.2) is 153 Å². The molecule has 0 saturated heterocycles. The van der Waals surface area contributed by atoms with E-state index in [1.807, 2.05) is 0 Å². The van der Waals surface area contributed by atoms with Crippen molar-refractivity contribution in [2.75, 3.05) is 0 Å². The second-order valence-electron chi connectivity index (χ2n) is 15.6. The molecule has 7 aromatic carbocycles. The number of benzene rings is 7. The van der Waals surface area contributed by atoms with Crippen molar-refractivity contribution in [1.29, 1.82) is 0 Å². The Morgan fingerprint density at radius 1 is 0.431 bits per heavy atom. The zero-order chi connectivity index (χ0) is 38.7. The highest BCUT2D eigenvalue weighted by Crippen LogP contribution is 2.44. The molecule has 11 rings (SSSR count). The topological polar surface area (TPSA) is 36.9 Å². The van der Waals surface area contributed by atoms with E-state index in [1.54, 1.807) is 23.5 Å². The van der Waals surface area contributed by atoms with Crippen molar-refractivity contribution < 1.29 is 18.9 Å². The molecule has 0 atom stereocenters. The van der Waals surface area contributed by atoms with E-state index < -0.39 is 0 Å². The maximum atomic E-state index is 6.95. The Bertz CT molecular complexity index is 2550. The van der Waals surface area contributed by atoms with Crippen molar-refractivity contribution in [3.05, 3.63) is 145 Å². The predicted molar refractivity (Wildman–Crippen MR) is 240 cm³/mol. The summed E-state index contributed by atoms with van der Waals surface area (Å²) in [5, 5.41) is 0. The normalized spacial score (nSPS) is 13.5. The van der Waals surface area contributed by atoms with Crippen LogP contribution in [0.3, 0.4) is 0 Å². The second kappa shape index (κ2) is 14.7. The van der Waals surface area contributed by atoms with Gasteiger partial charge in [0.1, 0.15) is 46.0 Å². The predicted octanol–water partition coefficient (Wildman–Crippen LogP) is 10.1. The Balaban J connectivity index is 0.994. The minimum atomic E-state index is 0.00149. The highest BCUT2D eigenvalue weighted by molar-refractivity contribution is 8.00. The summed E-state index contributed by atoms with van der Waals surface area (Å²) in [4.78, 5) is 4.82. The standard InChI is InChI=1S/C50H40B2O4S2/c1-3-5-11-31-17-21-33(22-18-31)53-35-25-43-49-47(27-35)57-45-15-9-7-13-37(45)51(49)39-29-40-42(30-41(39)55-43)56-44-26-36(54-34-23-19-32(20-24-34)12-6-4-2)28-48-50(44)52(40)38-14-8-10-16-46(38)58-48/h7-10,13-30H,3-6,11-12H2,1-2H3. The molecule has 0 aliphatic carbocycles. The molecule has 4 nitrogen and oxygen atoms in total. The first-order valence-electron chi connectivity index (χ1n) is 20.6. The first kappa shape index (κ1) is 35.7. The van der Waals surface area contributed by atoms with Gasteiger partial charge in [0.15, 0.2) is 0 Å². The van der Waals surface area contributed by atoms with Gasteiger partial charge in [0.25, 0.3) is 13.4 Å². The fourth-order valence-corrected chi connectivity index (χ4v) is 11.3. The maximum Gasteiger partial charge on any atom is 0.253 e. The molecule has 0 amide bonds. The monoisotopic (exact) mass is 790 g/mol. The van der Waals surface area contributed by atoms with Crippen molar-refractivity contribution in [2.24, 2.45) is 0 Å². The Labute approximate surface area is 349 Å². The first-order chi connectivity index (χ1) is 28.6. The van der Waals surface area contributed by atoms with Crippen molar-refractivity contribution in [1.82, 2.24) is 0 Å². The second-order valence-corrected chi connectivity index (χ2v) is 17.8. The van der Waals surface area contributed by atoms with Crippen LogP contribution in [0.5, 0.6) is 46.0 Å². The molecule has 0 bridgehead atoms. The van der Waals surface area contributed by atoms with Crippen LogP contribution in [0, 0.1) is 0 Å². The minimum Gasteiger partial charge on any atom is -0.458 e. The smallest absolute Gasteiger partial charge is 0.253 e. The Morgan fingerprint density at radius 2 is 0.879 bits per heavy atom. The average molecular weight is 791 g/mol. The van der Waals surface area contributed by atoms with Gasteiger partial charge in [0.2, 0.25) is 0 Å². The molecule has 0 fully saturated rings. The Morgan fingerprint density at radius 3 is 1.33 bits per heavy atom. The van der Waals surface area contributed by atoms with E-state index in [2.05, 4.69) is 147 Å². The fraction of sp³-hybridized carbons (Fsp3) is 0.160. The molecule has 8 heteroatoms. The molecule has 58 heavy (non-hydrogen) atoms. The number of hydrogen-bond acceptors (Lipinski definition) is 6. The lowest BCUT2D eigenvalue weighted by atomic mass is 9.32. The summed E-state index contributed by atoms with van der Waals surface area (Å²) >= 11 is 3.59. The minimum absolute atomic E-state index is 0.00149. The molecule has 4 aliphatic rings. The zero-order valence-corrected chi connectivity index (χ0v) is 34.2. The van der Waals surface area contributed by atoms with Crippen LogP contribution in [-0.2, 0) is 12.8 Å². The Hall–Kier alpha value is -5.43. The van der Waals surface area contributed by atoms with Gasteiger partial charge in [0, 0.05) is 37.8 Å². The molecule has 4 heterocycles. The molecular formula is C50H40B2O4S2. The summed E-state index contributed by atoms with van der Waals surface area (Å²) in [6.07, 6.45) is 6.90. The molecule has 0 aromatic heterocycles. The van der Waals surface area contributed by atoms with E-state index in [-0.39, 0.29) is 13.4 Å². The van der Waals surface area contributed by atoms with Crippen LogP contribution in [0.2, 0.25) is 0 Å². The van der Waals surface area contributed by atoms with Crippen LogP contribution >= 0.6 is 23.5 Å². The lowest BCUT2D eigenvalue weighted by Crippen LogP contribution is -2.61. The van der Waals surface area contributed by atoms with Gasteiger partial charge in [-0.2, -0.15) is 0 Å². The number of rotatable bonds is 10. The van der Waals surface area contributed by atoms with E-state index >= 15 is 0 Å². The van der Waals surface area contributed by atoms with Crippen molar-refractivity contribution >= 4 is 69.7 Å².